The molecule has 0 unspecified atom stereocenters. The van der Waals surface area contributed by atoms with Gasteiger partial charge in [-0.1, -0.05) is 78.7 Å². The maximum Gasteiger partial charge on any atom is 0.135 e. The first-order valence-electron chi connectivity index (χ1n) is 17.0. The second kappa shape index (κ2) is 13.8. The molecule has 0 radical (unpaired) electrons. The third-order valence-electron chi connectivity index (χ3n) is 9.42. The second-order valence-electron chi connectivity index (χ2n) is 12.7. The molecule has 258 valence electrons. The minimum absolute atomic E-state index is 0. The van der Waals surface area contributed by atoms with E-state index in [9.17, 15) is 4.39 Å². The van der Waals surface area contributed by atoms with Gasteiger partial charge in [0.25, 0.3) is 0 Å². The van der Waals surface area contributed by atoms with E-state index in [1.807, 2.05) is 54.2 Å². The van der Waals surface area contributed by atoms with Crippen molar-refractivity contribution in [3.63, 3.8) is 0 Å². The Bertz CT molecular complexity index is 2580. The van der Waals surface area contributed by atoms with Gasteiger partial charge in [0.05, 0.1) is 0 Å². The van der Waals surface area contributed by atoms with Crippen molar-refractivity contribution in [1.29, 1.82) is 0 Å². The number of anilines is 4. The third kappa shape index (κ3) is 6.03. The zero-order valence-corrected chi connectivity index (χ0v) is 30.7. The Morgan fingerprint density at radius 2 is 1.50 bits per heavy atom. The van der Waals surface area contributed by atoms with Crippen LogP contribution in [0.15, 0.2) is 140 Å². The van der Waals surface area contributed by atoms with Gasteiger partial charge in [-0.3, -0.25) is 0 Å². The molecule has 3 heterocycles. The number of fused-ring (bicyclic) bond motifs is 4. The quantitative estimate of drug-likeness (QED) is 0.150. The van der Waals surface area contributed by atoms with Crippen LogP contribution in [0, 0.1) is 31.5 Å². The van der Waals surface area contributed by atoms with Crippen LogP contribution in [0.4, 0.5) is 27.1 Å². The molecule has 1 aliphatic rings. The molecule has 0 bridgehead atoms. The molecule has 0 atom stereocenters. The average Bonchev–Trinajstić information content (AvgIpc) is 3.71. The summed E-state index contributed by atoms with van der Waals surface area (Å²) < 4.78 is 23.2. The van der Waals surface area contributed by atoms with Crippen LogP contribution in [0.5, 0.6) is 11.5 Å². The summed E-state index contributed by atoms with van der Waals surface area (Å²) in [6.45, 7) is 6.21. The Balaban J connectivity index is 0.00000387. The van der Waals surface area contributed by atoms with Crippen molar-refractivity contribution in [2.45, 2.75) is 20.3 Å². The first kappa shape index (κ1) is 33.4. The van der Waals surface area contributed by atoms with Crippen LogP contribution < -0.4 is 14.5 Å². The van der Waals surface area contributed by atoms with Crippen molar-refractivity contribution in [1.82, 2.24) is 9.55 Å². The minimum Gasteiger partial charge on any atom is -0.509 e. The number of nitrogens with zero attached hydrogens (tertiary/aromatic N) is 4. The fraction of sp³-hybridized carbons (Fsp3) is 0.0667. The molecule has 0 saturated carbocycles. The summed E-state index contributed by atoms with van der Waals surface area (Å²) in [6.07, 6.45) is 2.78. The zero-order valence-electron chi connectivity index (χ0n) is 28.5. The molecule has 5 nitrogen and oxygen atoms in total. The Hall–Kier alpha value is -5.71. The van der Waals surface area contributed by atoms with Crippen molar-refractivity contribution in [2.24, 2.45) is 0 Å². The van der Waals surface area contributed by atoms with Gasteiger partial charge in [-0.25, -0.2) is 9.37 Å². The van der Waals surface area contributed by atoms with Crippen LogP contribution in [0.25, 0.3) is 38.8 Å². The Morgan fingerprint density at radius 3 is 2.31 bits per heavy atom. The topological polar surface area (TPSA) is 33.5 Å². The fourth-order valence-corrected chi connectivity index (χ4v) is 6.85. The van der Waals surface area contributed by atoms with Gasteiger partial charge in [-0.15, -0.1) is 53.6 Å². The molecular weight excluding hydrogens is 827 g/mol. The van der Waals surface area contributed by atoms with Crippen LogP contribution in [-0.2, 0) is 27.5 Å². The van der Waals surface area contributed by atoms with Crippen molar-refractivity contribution in [3.8, 4) is 28.4 Å². The molecule has 9 rings (SSSR count). The van der Waals surface area contributed by atoms with Crippen molar-refractivity contribution in [3.05, 3.63) is 175 Å². The first-order chi connectivity index (χ1) is 25.0. The summed E-state index contributed by atoms with van der Waals surface area (Å²) in [6, 6.07) is 51.0. The summed E-state index contributed by atoms with van der Waals surface area (Å²) in [5, 5.41) is 2.20. The number of hydrogen-bond donors (Lipinski definition) is 0. The van der Waals surface area contributed by atoms with Crippen molar-refractivity contribution >= 4 is 44.6 Å². The minimum atomic E-state index is -0.290. The summed E-state index contributed by atoms with van der Waals surface area (Å²) >= 11 is 0. The van der Waals surface area contributed by atoms with Gasteiger partial charge < -0.3 is 19.1 Å². The maximum absolute atomic E-state index is 14.4. The predicted octanol–water partition coefficient (Wildman–Crippen LogP) is 11.7. The number of benzene rings is 6. The molecule has 0 aliphatic carbocycles. The third-order valence-corrected chi connectivity index (χ3v) is 9.42. The second-order valence-corrected chi connectivity index (χ2v) is 12.7. The van der Waals surface area contributed by atoms with Crippen molar-refractivity contribution in [2.75, 3.05) is 9.80 Å². The van der Waals surface area contributed by atoms with Crippen LogP contribution in [-0.4, -0.2) is 9.55 Å². The predicted molar refractivity (Wildman–Crippen MR) is 204 cm³/mol. The number of ether oxygens (including phenoxy) is 1. The molecule has 7 heteroatoms. The largest absolute Gasteiger partial charge is 0.509 e. The van der Waals surface area contributed by atoms with E-state index in [0.717, 1.165) is 67.9 Å². The van der Waals surface area contributed by atoms with Gasteiger partial charge in [0.1, 0.15) is 11.6 Å². The summed E-state index contributed by atoms with van der Waals surface area (Å²) in [5.41, 5.74) is 9.77. The number of rotatable bonds is 7. The molecule has 0 amide bonds. The van der Waals surface area contributed by atoms with E-state index in [2.05, 4.69) is 114 Å². The average molecular weight is 859 g/mol. The molecule has 8 aromatic rings. The van der Waals surface area contributed by atoms with Gasteiger partial charge in [0.15, 0.2) is 0 Å². The van der Waals surface area contributed by atoms with Gasteiger partial charge >= 0.3 is 0 Å². The van der Waals surface area contributed by atoms with Gasteiger partial charge in [-0.2, -0.15) is 6.07 Å². The Morgan fingerprint density at radius 1 is 0.712 bits per heavy atom. The monoisotopic (exact) mass is 858 g/mol. The standard InChI is InChI=1S/C45H32FN4O.Pt/c1-3-31-21-22-47-45(23-31)50-41-12-5-4-11-39(41)40-20-19-37(28-44(40)50)51-38-25-33(32-17-15-30(2)16-18-32)24-36(27-38)49-29-48(35-10-8-9-34(46)26-35)42-13-6-7-14-43(42)49;/h4-26,29H,3H2,1-2H3;/q-3;. The summed E-state index contributed by atoms with van der Waals surface area (Å²) in [5.74, 6) is 1.66. The number of pyridine rings is 1. The molecule has 0 saturated heterocycles. The maximum atomic E-state index is 14.4. The molecule has 1 aliphatic heterocycles. The molecule has 0 spiro atoms. The molecule has 6 aromatic carbocycles. The summed E-state index contributed by atoms with van der Waals surface area (Å²) in [7, 11) is 0. The number of hydrogen-bond acceptors (Lipinski definition) is 4. The number of aryl methyl sites for hydroxylation is 2. The molecular formula is C45H32FN4OPt-3. The van der Waals surface area contributed by atoms with E-state index in [1.54, 1.807) is 6.07 Å². The van der Waals surface area contributed by atoms with Gasteiger partial charge in [0.2, 0.25) is 0 Å². The molecule has 52 heavy (non-hydrogen) atoms. The van der Waals surface area contributed by atoms with Gasteiger partial charge in [-0.05, 0) is 78.4 Å². The van der Waals surface area contributed by atoms with Gasteiger partial charge in [0, 0.05) is 61.3 Å². The van der Waals surface area contributed by atoms with E-state index >= 15 is 0 Å². The molecule has 2 aromatic heterocycles. The number of aromatic nitrogens is 2. The Labute approximate surface area is 316 Å². The number of halogens is 1. The smallest absolute Gasteiger partial charge is 0.135 e. The normalized spacial score (nSPS) is 12.3. The van der Waals surface area contributed by atoms with Crippen LogP contribution in [0.1, 0.15) is 18.1 Å². The SMILES string of the molecule is CCc1ccnc(-n2c3[c-]c(Oc4[c-]c(N5[CH-]N(c6cccc(F)c6)c6ccccc65)cc(-c5ccc(C)cc5)c4)ccc3c3ccccc32)c1.[Pt]. The zero-order chi connectivity index (χ0) is 34.5. The van der Waals surface area contributed by atoms with E-state index in [0.29, 0.717) is 11.5 Å². The van der Waals surface area contributed by atoms with Crippen LogP contribution in [0.3, 0.4) is 0 Å². The van der Waals surface area contributed by atoms with Crippen LogP contribution >= 0.6 is 0 Å². The van der Waals surface area contributed by atoms with Crippen molar-refractivity contribution < 1.29 is 30.2 Å². The summed E-state index contributed by atoms with van der Waals surface area (Å²) in [4.78, 5) is 8.83. The number of para-hydroxylation sites is 3. The van der Waals surface area contributed by atoms with E-state index in [1.165, 1.54) is 23.3 Å². The molecule has 0 fully saturated rings. The first-order valence-corrected chi connectivity index (χ1v) is 17.0. The fourth-order valence-electron chi connectivity index (χ4n) is 6.85. The van der Waals surface area contributed by atoms with E-state index < -0.39 is 0 Å². The van der Waals surface area contributed by atoms with E-state index in [4.69, 9.17) is 9.72 Å². The van der Waals surface area contributed by atoms with E-state index in [-0.39, 0.29) is 26.9 Å². The molecule has 0 N–H and O–H groups in total. The van der Waals surface area contributed by atoms with Crippen LogP contribution in [0.2, 0.25) is 0 Å². The Kier molecular flexibility index (Phi) is 8.86.